The number of rotatable bonds is 8. The van der Waals surface area contributed by atoms with E-state index in [1.54, 1.807) is 42.5 Å². The van der Waals surface area contributed by atoms with Gasteiger partial charge in [-0.3, -0.25) is 9.10 Å². The second-order valence-electron chi connectivity index (χ2n) is 7.11. The third-order valence-electron chi connectivity index (χ3n) is 4.18. The summed E-state index contributed by atoms with van der Waals surface area (Å²) in [5.41, 5.74) is 6.65. The lowest BCUT2D eigenvalue weighted by Crippen LogP contribution is -2.49. The van der Waals surface area contributed by atoms with E-state index in [0.717, 1.165) is 5.56 Å². The molecule has 0 aliphatic rings. The number of benzene rings is 2. The monoisotopic (exact) mass is 425 g/mol. The first-order valence-corrected chi connectivity index (χ1v) is 10.3. The van der Waals surface area contributed by atoms with Crippen LogP contribution in [0.4, 0.5) is 5.69 Å². The second kappa shape index (κ2) is 9.91. The van der Waals surface area contributed by atoms with E-state index in [4.69, 9.17) is 5.73 Å². The molecule has 6 nitrogen and oxygen atoms in total. The summed E-state index contributed by atoms with van der Waals surface area (Å²) in [6.45, 7) is 5.91. The van der Waals surface area contributed by atoms with Crippen molar-refractivity contribution in [3.63, 3.8) is 0 Å². The lowest BCUT2D eigenvalue weighted by Gasteiger charge is -2.27. The number of nitrogens with two attached hydrogens (primary N) is 1. The van der Waals surface area contributed by atoms with E-state index in [0.29, 0.717) is 12.2 Å². The van der Waals surface area contributed by atoms with E-state index in [1.807, 2.05) is 32.9 Å². The summed E-state index contributed by atoms with van der Waals surface area (Å²) in [5, 5.41) is 2.83. The van der Waals surface area contributed by atoms with Crippen LogP contribution in [0.2, 0.25) is 0 Å². The summed E-state index contributed by atoms with van der Waals surface area (Å²) in [6, 6.07) is 15.4. The number of carbonyl (C=O) groups excluding carboxylic acids is 1. The Kier molecular flexibility index (Phi) is 8.48. The molecular weight excluding hydrogens is 398 g/mol. The molecule has 2 aromatic rings. The Morgan fingerprint density at radius 3 is 2.18 bits per heavy atom. The summed E-state index contributed by atoms with van der Waals surface area (Å²) in [5.74, 6) is -0.245. The normalized spacial score (nSPS) is 11.4. The van der Waals surface area contributed by atoms with Gasteiger partial charge in [0, 0.05) is 25.0 Å². The van der Waals surface area contributed by atoms with Gasteiger partial charge in [-0.25, -0.2) is 8.42 Å². The summed E-state index contributed by atoms with van der Waals surface area (Å²) in [7, 11) is -3.78. The van der Waals surface area contributed by atoms with Gasteiger partial charge in [-0.15, -0.1) is 12.4 Å². The van der Waals surface area contributed by atoms with Crippen LogP contribution in [-0.2, 0) is 14.8 Å². The molecule has 0 atom stereocenters. The van der Waals surface area contributed by atoms with Crippen molar-refractivity contribution in [3.05, 3.63) is 60.2 Å². The molecule has 8 heteroatoms. The highest BCUT2D eigenvalue weighted by molar-refractivity contribution is 7.92. The zero-order valence-corrected chi connectivity index (χ0v) is 18.0. The minimum atomic E-state index is -3.78. The summed E-state index contributed by atoms with van der Waals surface area (Å²) in [4.78, 5) is 12.5. The zero-order chi connectivity index (χ0) is 20.1. The highest BCUT2D eigenvalue weighted by atomic mass is 35.5. The van der Waals surface area contributed by atoms with Gasteiger partial charge in [-0.2, -0.15) is 0 Å². The van der Waals surface area contributed by atoms with Gasteiger partial charge in [-0.05, 0) is 45.0 Å². The van der Waals surface area contributed by atoms with Gasteiger partial charge < -0.3 is 11.1 Å². The molecule has 0 aliphatic heterocycles. The molecule has 0 saturated carbocycles. The van der Waals surface area contributed by atoms with Crippen molar-refractivity contribution < 1.29 is 13.2 Å². The first kappa shape index (κ1) is 23.9. The summed E-state index contributed by atoms with van der Waals surface area (Å²) in [6.07, 6.45) is 0.0311. The Labute approximate surface area is 173 Å². The molecule has 0 aliphatic carbocycles. The number of sulfonamides is 1. The number of hydrogen-bond donors (Lipinski definition) is 2. The molecule has 154 valence electrons. The standard InChI is InChI=1S/C20H27N3O3S.ClH/c1-16-9-11-17(12-10-16)23(14-13-19(24)22-20(2,3)15-21)27(25,26)18-7-5-4-6-8-18;/h4-12H,13-15,21H2,1-3H3,(H,22,24);1H. The number of anilines is 1. The highest BCUT2D eigenvalue weighted by Crippen LogP contribution is 2.24. The predicted molar refractivity (Wildman–Crippen MR) is 115 cm³/mol. The average molecular weight is 426 g/mol. The van der Waals surface area contributed by atoms with Crippen LogP contribution in [0.25, 0.3) is 0 Å². The molecule has 2 rings (SSSR count). The van der Waals surface area contributed by atoms with E-state index in [1.165, 1.54) is 4.31 Å². The molecular formula is C20H28ClN3O3S. The number of aryl methyl sites for hydroxylation is 1. The SMILES string of the molecule is Cc1ccc(N(CCC(=O)NC(C)(C)CN)S(=O)(=O)c2ccccc2)cc1.Cl. The minimum Gasteiger partial charge on any atom is -0.350 e. The third kappa shape index (κ3) is 6.22. The maximum absolute atomic E-state index is 13.1. The van der Waals surface area contributed by atoms with Crippen LogP contribution >= 0.6 is 12.4 Å². The van der Waals surface area contributed by atoms with Crippen LogP contribution in [-0.4, -0.2) is 33.0 Å². The number of halogens is 1. The average Bonchev–Trinajstić information content (AvgIpc) is 2.63. The zero-order valence-electron chi connectivity index (χ0n) is 16.4. The molecule has 0 unspecified atom stereocenters. The number of hydrogen-bond acceptors (Lipinski definition) is 4. The fourth-order valence-corrected chi connectivity index (χ4v) is 4.00. The van der Waals surface area contributed by atoms with E-state index in [-0.39, 0.29) is 36.2 Å². The van der Waals surface area contributed by atoms with Crippen molar-refractivity contribution in [3.8, 4) is 0 Å². The van der Waals surface area contributed by atoms with Crippen molar-refractivity contribution in [1.82, 2.24) is 5.32 Å². The number of nitrogens with zero attached hydrogens (tertiary/aromatic N) is 1. The molecule has 0 saturated heterocycles. The Morgan fingerprint density at radius 2 is 1.64 bits per heavy atom. The van der Waals surface area contributed by atoms with Gasteiger partial charge in [0.25, 0.3) is 10.0 Å². The van der Waals surface area contributed by atoms with Crippen molar-refractivity contribution in [1.29, 1.82) is 0 Å². The van der Waals surface area contributed by atoms with E-state index >= 15 is 0 Å². The number of carbonyl (C=O) groups is 1. The lowest BCUT2D eigenvalue weighted by molar-refractivity contribution is -0.122. The Hall–Kier alpha value is -2.09. The molecule has 0 spiro atoms. The van der Waals surface area contributed by atoms with Gasteiger partial charge in [0.15, 0.2) is 0 Å². The fraction of sp³-hybridized carbons (Fsp3) is 0.350. The van der Waals surface area contributed by atoms with Gasteiger partial charge >= 0.3 is 0 Å². The van der Waals surface area contributed by atoms with Crippen molar-refractivity contribution >= 4 is 34.0 Å². The van der Waals surface area contributed by atoms with Gasteiger partial charge in [0.1, 0.15) is 0 Å². The van der Waals surface area contributed by atoms with E-state index < -0.39 is 15.6 Å². The Balaban J connectivity index is 0.00000392. The Morgan fingerprint density at radius 1 is 1.07 bits per heavy atom. The molecule has 28 heavy (non-hydrogen) atoms. The molecule has 0 aromatic heterocycles. The Bertz CT molecular complexity index is 869. The number of amides is 1. The fourth-order valence-electron chi connectivity index (χ4n) is 2.51. The van der Waals surface area contributed by atoms with Gasteiger partial charge in [0.05, 0.1) is 10.6 Å². The van der Waals surface area contributed by atoms with Crippen LogP contribution in [0.3, 0.4) is 0 Å². The van der Waals surface area contributed by atoms with Gasteiger partial charge in [-0.1, -0.05) is 35.9 Å². The first-order valence-electron chi connectivity index (χ1n) is 8.81. The topological polar surface area (TPSA) is 92.5 Å². The van der Waals surface area contributed by atoms with Crippen LogP contribution in [0, 0.1) is 6.92 Å². The van der Waals surface area contributed by atoms with Crippen LogP contribution in [0.5, 0.6) is 0 Å². The predicted octanol–water partition coefficient (Wildman–Crippen LogP) is 2.86. The maximum Gasteiger partial charge on any atom is 0.264 e. The lowest BCUT2D eigenvalue weighted by atomic mass is 10.1. The van der Waals surface area contributed by atoms with E-state index in [2.05, 4.69) is 5.32 Å². The largest absolute Gasteiger partial charge is 0.350 e. The first-order chi connectivity index (χ1) is 12.7. The smallest absolute Gasteiger partial charge is 0.264 e. The highest BCUT2D eigenvalue weighted by Gasteiger charge is 2.26. The second-order valence-corrected chi connectivity index (χ2v) is 8.97. The number of nitrogens with one attached hydrogen (secondary N) is 1. The quantitative estimate of drug-likeness (QED) is 0.680. The van der Waals surface area contributed by atoms with Crippen molar-refractivity contribution in [2.75, 3.05) is 17.4 Å². The van der Waals surface area contributed by atoms with Crippen LogP contribution in [0.15, 0.2) is 59.5 Å². The third-order valence-corrected chi connectivity index (χ3v) is 6.02. The maximum atomic E-state index is 13.1. The van der Waals surface area contributed by atoms with Gasteiger partial charge in [0.2, 0.25) is 5.91 Å². The van der Waals surface area contributed by atoms with Crippen LogP contribution < -0.4 is 15.4 Å². The van der Waals surface area contributed by atoms with Crippen molar-refractivity contribution in [2.45, 2.75) is 37.6 Å². The minimum absolute atomic E-state index is 0. The van der Waals surface area contributed by atoms with E-state index in [9.17, 15) is 13.2 Å². The molecule has 0 bridgehead atoms. The molecule has 3 N–H and O–H groups in total. The molecule has 0 radical (unpaired) electrons. The summed E-state index contributed by atoms with van der Waals surface area (Å²) >= 11 is 0. The molecule has 1 amide bonds. The molecule has 2 aromatic carbocycles. The van der Waals surface area contributed by atoms with Crippen molar-refractivity contribution in [2.24, 2.45) is 5.73 Å². The summed E-state index contributed by atoms with van der Waals surface area (Å²) < 4.78 is 27.6. The molecule has 0 heterocycles. The van der Waals surface area contributed by atoms with Crippen LogP contribution in [0.1, 0.15) is 25.8 Å². The molecule has 0 fully saturated rings.